The maximum Gasteiger partial charge on any atom is 0.152 e. The third-order valence-electron chi connectivity index (χ3n) is 1.59. The first-order valence-corrected chi connectivity index (χ1v) is 3.95. The molecule has 0 bridgehead atoms. The largest absolute Gasteiger partial charge is 0.483 e. The first-order chi connectivity index (χ1) is 6.49. The van der Waals surface area contributed by atoms with Crippen LogP contribution in [0, 0.1) is 17.0 Å². The SMILES string of the molecule is CC(Oc1cc(F)cc(F)c1)C(=N)N. The van der Waals surface area contributed by atoms with Crippen molar-refractivity contribution in [3.63, 3.8) is 0 Å². The molecule has 1 aromatic rings. The summed E-state index contributed by atoms with van der Waals surface area (Å²) >= 11 is 0. The molecule has 76 valence electrons. The highest BCUT2D eigenvalue weighted by molar-refractivity contribution is 5.81. The van der Waals surface area contributed by atoms with Gasteiger partial charge in [-0.1, -0.05) is 0 Å². The van der Waals surface area contributed by atoms with Gasteiger partial charge in [0.2, 0.25) is 0 Å². The van der Waals surface area contributed by atoms with Crippen molar-refractivity contribution in [2.45, 2.75) is 13.0 Å². The molecule has 0 radical (unpaired) electrons. The molecule has 0 fully saturated rings. The highest BCUT2D eigenvalue weighted by Gasteiger charge is 2.08. The van der Waals surface area contributed by atoms with Crippen LogP contribution in [0.4, 0.5) is 8.78 Å². The van der Waals surface area contributed by atoms with Crippen molar-refractivity contribution in [2.24, 2.45) is 5.73 Å². The van der Waals surface area contributed by atoms with E-state index in [4.69, 9.17) is 15.9 Å². The van der Waals surface area contributed by atoms with E-state index in [9.17, 15) is 8.78 Å². The van der Waals surface area contributed by atoms with E-state index >= 15 is 0 Å². The molecule has 0 aliphatic rings. The quantitative estimate of drug-likeness (QED) is 0.576. The van der Waals surface area contributed by atoms with Crippen molar-refractivity contribution < 1.29 is 13.5 Å². The van der Waals surface area contributed by atoms with E-state index in [1.165, 1.54) is 6.92 Å². The van der Waals surface area contributed by atoms with Crippen molar-refractivity contribution in [1.82, 2.24) is 0 Å². The number of rotatable bonds is 3. The molecule has 1 unspecified atom stereocenters. The van der Waals surface area contributed by atoms with Gasteiger partial charge in [0.1, 0.15) is 23.2 Å². The highest BCUT2D eigenvalue weighted by Crippen LogP contribution is 2.16. The lowest BCUT2D eigenvalue weighted by Crippen LogP contribution is -2.30. The predicted molar refractivity (Wildman–Crippen MR) is 48.4 cm³/mol. The van der Waals surface area contributed by atoms with Gasteiger partial charge in [-0.25, -0.2) is 8.78 Å². The van der Waals surface area contributed by atoms with Crippen LogP contribution >= 0.6 is 0 Å². The summed E-state index contributed by atoms with van der Waals surface area (Å²) in [6.07, 6.45) is -0.698. The molecule has 0 spiro atoms. The van der Waals surface area contributed by atoms with Gasteiger partial charge in [-0.2, -0.15) is 0 Å². The van der Waals surface area contributed by atoms with Crippen LogP contribution in [-0.2, 0) is 0 Å². The zero-order chi connectivity index (χ0) is 10.7. The van der Waals surface area contributed by atoms with Gasteiger partial charge in [0.15, 0.2) is 6.10 Å². The van der Waals surface area contributed by atoms with E-state index < -0.39 is 17.7 Å². The molecule has 0 heterocycles. The highest BCUT2D eigenvalue weighted by atomic mass is 19.1. The fourth-order valence-electron chi connectivity index (χ4n) is 0.864. The number of hydrogen-bond acceptors (Lipinski definition) is 2. The van der Waals surface area contributed by atoms with Crippen LogP contribution in [0.2, 0.25) is 0 Å². The molecule has 0 saturated heterocycles. The molecular formula is C9H10F2N2O. The lowest BCUT2D eigenvalue weighted by atomic mass is 10.3. The summed E-state index contributed by atoms with van der Waals surface area (Å²) in [6.45, 7) is 1.52. The first kappa shape index (κ1) is 10.4. The van der Waals surface area contributed by atoms with Gasteiger partial charge in [-0.05, 0) is 6.92 Å². The Morgan fingerprint density at radius 1 is 1.36 bits per heavy atom. The summed E-state index contributed by atoms with van der Waals surface area (Å²) in [6, 6.07) is 2.80. The van der Waals surface area contributed by atoms with E-state index in [1.807, 2.05) is 0 Å². The van der Waals surface area contributed by atoms with E-state index in [2.05, 4.69) is 0 Å². The molecule has 1 aromatic carbocycles. The van der Waals surface area contributed by atoms with Gasteiger partial charge >= 0.3 is 0 Å². The lowest BCUT2D eigenvalue weighted by Gasteiger charge is -2.12. The van der Waals surface area contributed by atoms with Crippen molar-refractivity contribution >= 4 is 5.84 Å². The Morgan fingerprint density at radius 3 is 2.29 bits per heavy atom. The average Bonchev–Trinajstić information content (AvgIpc) is 2.01. The van der Waals surface area contributed by atoms with Crippen molar-refractivity contribution in [1.29, 1.82) is 5.41 Å². The van der Waals surface area contributed by atoms with Crippen LogP contribution in [0.1, 0.15) is 6.92 Å². The Hall–Kier alpha value is -1.65. The summed E-state index contributed by atoms with van der Waals surface area (Å²) in [5, 5.41) is 7.02. The number of halogens is 2. The Balaban J connectivity index is 2.81. The van der Waals surface area contributed by atoms with E-state index in [1.54, 1.807) is 0 Å². The Morgan fingerprint density at radius 2 is 1.86 bits per heavy atom. The number of benzene rings is 1. The van der Waals surface area contributed by atoms with Gasteiger partial charge in [0.25, 0.3) is 0 Å². The van der Waals surface area contributed by atoms with Crippen LogP contribution in [-0.4, -0.2) is 11.9 Å². The number of ether oxygens (including phenoxy) is 1. The molecule has 14 heavy (non-hydrogen) atoms. The number of amidine groups is 1. The van der Waals surface area contributed by atoms with Crippen molar-refractivity contribution in [2.75, 3.05) is 0 Å². The molecule has 0 amide bonds. The van der Waals surface area contributed by atoms with E-state index in [0.29, 0.717) is 0 Å². The minimum absolute atomic E-state index is 0.0187. The molecule has 0 aliphatic heterocycles. The molecule has 3 N–H and O–H groups in total. The van der Waals surface area contributed by atoms with E-state index in [0.717, 1.165) is 18.2 Å². The molecular weight excluding hydrogens is 190 g/mol. The molecule has 0 aromatic heterocycles. The summed E-state index contributed by atoms with van der Waals surface area (Å²) in [5.41, 5.74) is 5.13. The van der Waals surface area contributed by atoms with Crippen LogP contribution in [0.5, 0.6) is 5.75 Å². The summed E-state index contributed by atoms with van der Waals surface area (Å²) in [7, 11) is 0. The molecule has 5 heteroatoms. The Bertz CT molecular complexity index is 334. The molecule has 3 nitrogen and oxygen atoms in total. The van der Waals surface area contributed by atoms with Gasteiger partial charge in [-0.3, -0.25) is 5.41 Å². The summed E-state index contributed by atoms with van der Waals surface area (Å²) in [5.74, 6) is -1.63. The maximum absolute atomic E-state index is 12.7. The van der Waals surface area contributed by atoms with Gasteiger partial charge in [0, 0.05) is 18.2 Å². The second-order valence-corrected chi connectivity index (χ2v) is 2.82. The monoisotopic (exact) mass is 200 g/mol. The fourth-order valence-corrected chi connectivity index (χ4v) is 0.864. The van der Waals surface area contributed by atoms with Gasteiger partial charge < -0.3 is 10.5 Å². The zero-order valence-corrected chi connectivity index (χ0v) is 7.55. The standard InChI is InChI=1S/C9H10F2N2O/c1-5(9(12)13)14-8-3-6(10)2-7(11)4-8/h2-5H,1H3,(H3,12,13). The van der Waals surface area contributed by atoms with Crippen LogP contribution in [0.3, 0.4) is 0 Å². The second kappa shape index (κ2) is 4.04. The maximum atomic E-state index is 12.7. The molecule has 0 aliphatic carbocycles. The number of hydrogen-bond donors (Lipinski definition) is 2. The van der Waals surface area contributed by atoms with E-state index in [-0.39, 0.29) is 11.6 Å². The third kappa shape index (κ3) is 2.69. The predicted octanol–water partition coefficient (Wildman–Crippen LogP) is 1.67. The van der Waals surface area contributed by atoms with Gasteiger partial charge in [-0.15, -0.1) is 0 Å². The van der Waals surface area contributed by atoms with Crippen molar-refractivity contribution in [3.05, 3.63) is 29.8 Å². The first-order valence-electron chi connectivity index (χ1n) is 3.95. The molecule has 1 atom stereocenters. The topological polar surface area (TPSA) is 59.1 Å². The smallest absolute Gasteiger partial charge is 0.152 e. The average molecular weight is 200 g/mol. The van der Waals surface area contributed by atoms with Crippen molar-refractivity contribution in [3.8, 4) is 5.75 Å². The van der Waals surface area contributed by atoms with Crippen LogP contribution < -0.4 is 10.5 Å². The van der Waals surface area contributed by atoms with Crippen LogP contribution in [0.15, 0.2) is 18.2 Å². The summed E-state index contributed by atoms with van der Waals surface area (Å²) < 4.78 is 30.4. The lowest BCUT2D eigenvalue weighted by molar-refractivity contribution is 0.282. The zero-order valence-electron chi connectivity index (χ0n) is 7.55. The minimum atomic E-state index is -0.726. The molecule has 1 rings (SSSR count). The Labute approximate surface area is 80.0 Å². The Kier molecular flexibility index (Phi) is 3.01. The normalized spacial score (nSPS) is 12.2. The molecule has 0 saturated carbocycles. The summed E-state index contributed by atoms with van der Waals surface area (Å²) in [4.78, 5) is 0. The minimum Gasteiger partial charge on any atom is -0.483 e. The third-order valence-corrected chi connectivity index (χ3v) is 1.59. The van der Waals surface area contributed by atoms with Gasteiger partial charge in [0.05, 0.1) is 0 Å². The number of nitrogens with two attached hydrogens (primary N) is 1. The fraction of sp³-hybridized carbons (Fsp3) is 0.222. The second-order valence-electron chi connectivity index (χ2n) is 2.82. The number of nitrogens with one attached hydrogen (secondary N) is 1. The van der Waals surface area contributed by atoms with Crippen LogP contribution in [0.25, 0.3) is 0 Å².